The summed E-state index contributed by atoms with van der Waals surface area (Å²) in [5.74, 6) is 2.15. The first-order chi connectivity index (χ1) is 8.15. The summed E-state index contributed by atoms with van der Waals surface area (Å²) in [5, 5.41) is 14.3. The van der Waals surface area contributed by atoms with Gasteiger partial charge in [-0.3, -0.25) is 10.1 Å². The molecule has 0 unspecified atom stereocenters. The lowest BCUT2D eigenvalue weighted by Gasteiger charge is -2.07. The van der Waals surface area contributed by atoms with E-state index in [2.05, 4.69) is 12.2 Å². The van der Waals surface area contributed by atoms with Crippen LogP contribution >= 0.6 is 23.4 Å². The third-order valence-corrected chi connectivity index (χ3v) is 3.36. The van der Waals surface area contributed by atoms with Crippen molar-refractivity contribution in [1.82, 2.24) is 0 Å². The first kappa shape index (κ1) is 14.1. The van der Waals surface area contributed by atoms with Crippen LogP contribution in [0.3, 0.4) is 0 Å². The Balaban J connectivity index is 2.56. The number of nitrogens with one attached hydrogen (secondary N) is 1. The first-order valence-corrected chi connectivity index (χ1v) is 6.94. The van der Waals surface area contributed by atoms with Gasteiger partial charge in [0.15, 0.2) is 0 Å². The maximum absolute atomic E-state index is 10.8. The van der Waals surface area contributed by atoms with Gasteiger partial charge in [-0.25, -0.2) is 0 Å². The molecule has 0 spiro atoms. The molecule has 0 saturated heterocycles. The highest BCUT2D eigenvalue weighted by Crippen LogP contribution is 2.27. The van der Waals surface area contributed by atoms with E-state index in [1.54, 1.807) is 6.07 Å². The van der Waals surface area contributed by atoms with Gasteiger partial charge in [-0.15, -0.1) is 0 Å². The third-order valence-electron chi connectivity index (χ3n) is 2.14. The SMILES string of the molecule is CCSCCCNc1cc(Cl)ccc1[N+](=O)[O-]. The van der Waals surface area contributed by atoms with E-state index < -0.39 is 4.92 Å². The van der Waals surface area contributed by atoms with Crippen molar-refractivity contribution >= 4 is 34.7 Å². The van der Waals surface area contributed by atoms with Crippen LogP contribution in [0, 0.1) is 10.1 Å². The predicted molar refractivity (Wildman–Crippen MR) is 74.2 cm³/mol. The molecule has 0 fully saturated rings. The molecule has 0 atom stereocenters. The molecule has 0 aliphatic rings. The van der Waals surface area contributed by atoms with Crippen molar-refractivity contribution in [2.24, 2.45) is 0 Å². The van der Waals surface area contributed by atoms with Crippen molar-refractivity contribution in [3.63, 3.8) is 0 Å². The second kappa shape index (κ2) is 7.40. The number of benzene rings is 1. The van der Waals surface area contributed by atoms with E-state index in [1.807, 2.05) is 11.8 Å². The van der Waals surface area contributed by atoms with E-state index >= 15 is 0 Å². The minimum atomic E-state index is -0.403. The maximum Gasteiger partial charge on any atom is 0.292 e. The molecule has 1 rings (SSSR count). The summed E-state index contributed by atoms with van der Waals surface area (Å²) in [6.07, 6.45) is 0.974. The summed E-state index contributed by atoms with van der Waals surface area (Å²) in [6, 6.07) is 4.54. The molecular formula is C11H15ClN2O2S. The number of nitro benzene ring substituents is 1. The molecule has 1 aromatic carbocycles. The standard InChI is InChI=1S/C11H15ClN2O2S/c1-2-17-7-3-6-13-10-8-9(12)4-5-11(10)14(15)16/h4-5,8,13H,2-3,6-7H2,1H3. The van der Waals surface area contributed by atoms with E-state index in [1.165, 1.54) is 12.1 Å². The number of thioether (sulfide) groups is 1. The minimum Gasteiger partial charge on any atom is -0.379 e. The molecule has 6 heteroatoms. The number of nitrogens with zero attached hydrogens (tertiary/aromatic N) is 1. The molecule has 0 saturated carbocycles. The molecular weight excluding hydrogens is 260 g/mol. The Bertz CT molecular complexity index is 388. The van der Waals surface area contributed by atoms with Gasteiger partial charge in [0.25, 0.3) is 5.69 Å². The Kier molecular flexibility index (Phi) is 6.15. The Morgan fingerprint density at radius 2 is 2.29 bits per heavy atom. The minimum absolute atomic E-state index is 0.0672. The van der Waals surface area contributed by atoms with Crippen LogP contribution in [0.15, 0.2) is 18.2 Å². The summed E-state index contributed by atoms with van der Waals surface area (Å²) >= 11 is 7.67. The molecule has 0 aromatic heterocycles. The zero-order valence-electron chi connectivity index (χ0n) is 9.61. The van der Waals surface area contributed by atoms with Crippen molar-refractivity contribution in [2.45, 2.75) is 13.3 Å². The number of anilines is 1. The summed E-state index contributed by atoms with van der Waals surface area (Å²) in [4.78, 5) is 10.4. The lowest BCUT2D eigenvalue weighted by Crippen LogP contribution is -2.05. The van der Waals surface area contributed by atoms with Crippen LogP contribution in [-0.4, -0.2) is 23.0 Å². The fraction of sp³-hybridized carbons (Fsp3) is 0.455. The molecule has 0 amide bonds. The normalized spacial score (nSPS) is 10.2. The van der Waals surface area contributed by atoms with Crippen LogP contribution in [0.4, 0.5) is 11.4 Å². The van der Waals surface area contributed by atoms with Crippen molar-refractivity contribution in [2.75, 3.05) is 23.4 Å². The molecule has 1 aromatic rings. The number of nitro groups is 1. The molecule has 17 heavy (non-hydrogen) atoms. The zero-order valence-corrected chi connectivity index (χ0v) is 11.2. The van der Waals surface area contributed by atoms with Gasteiger partial charge in [0.2, 0.25) is 0 Å². The third kappa shape index (κ3) is 4.83. The van der Waals surface area contributed by atoms with Crippen molar-refractivity contribution in [1.29, 1.82) is 0 Å². The van der Waals surface area contributed by atoms with Crippen molar-refractivity contribution < 1.29 is 4.92 Å². The van der Waals surface area contributed by atoms with Crippen LogP contribution in [0.1, 0.15) is 13.3 Å². The van der Waals surface area contributed by atoms with E-state index in [4.69, 9.17) is 11.6 Å². The predicted octanol–water partition coefficient (Wildman–Crippen LogP) is 3.80. The summed E-state index contributed by atoms with van der Waals surface area (Å²) < 4.78 is 0. The van der Waals surface area contributed by atoms with Crippen LogP contribution in [0.2, 0.25) is 5.02 Å². The van der Waals surface area contributed by atoms with E-state index in [9.17, 15) is 10.1 Å². The molecule has 0 aliphatic heterocycles. The Labute approximate surface area is 110 Å². The van der Waals surface area contributed by atoms with Gasteiger partial charge in [0, 0.05) is 17.6 Å². The van der Waals surface area contributed by atoms with Crippen molar-refractivity contribution in [3.8, 4) is 0 Å². The average Bonchev–Trinajstić information content (AvgIpc) is 2.28. The lowest BCUT2D eigenvalue weighted by molar-refractivity contribution is -0.384. The van der Waals surface area contributed by atoms with E-state index in [0.29, 0.717) is 17.3 Å². The molecule has 0 aliphatic carbocycles. The number of hydrogen-bond acceptors (Lipinski definition) is 4. The second-order valence-electron chi connectivity index (χ2n) is 3.40. The number of halogens is 1. The van der Waals surface area contributed by atoms with Crippen LogP contribution in [0.25, 0.3) is 0 Å². The van der Waals surface area contributed by atoms with Gasteiger partial charge in [0.1, 0.15) is 5.69 Å². The van der Waals surface area contributed by atoms with Crippen LogP contribution in [-0.2, 0) is 0 Å². The van der Waals surface area contributed by atoms with Crippen LogP contribution < -0.4 is 5.32 Å². The van der Waals surface area contributed by atoms with Crippen LogP contribution in [0.5, 0.6) is 0 Å². The van der Waals surface area contributed by atoms with Gasteiger partial charge in [-0.1, -0.05) is 18.5 Å². The number of rotatable bonds is 7. The second-order valence-corrected chi connectivity index (χ2v) is 5.23. The van der Waals surface area contributed by atoms with E-state index in [0.717, 1.165) is 17.9 Å². The van der Waals surface area contributed by atoms with Gasteiger partial charge < -0.3 is 5.32 Å². The molecule has 1 N–H and O–H groups in total. The highest BCUT2D eigenvalue weighted by Gasteiger charge is 2.12. The smallest absolute Gasteiger partial charge is 0.292 e. The molecule has 0 heterocycles. The average molecular weight is 275 g/mol. The highest BCUT2D eigenvalue weighted by atomic mass is 35.5. The Hall–Kier alpha value is -0.940. The number of hydrogen-bond donors (Lipinski definition) is 1. The summed E-state index contributed by atoms with van der Waals surface area (Å²) in [5.41, 5.74) is 0.557. The van der Waals surface area contributed by atoms with E-state index in [-0.39, 0.29) is 5.69 Å². The molecule has 0 radical (unpaired) electrons. The fourth-order valence-electron chi connectivity index (χ4n) is 1.35. The maximum atomic E-state index is 10.8. The first-order valence-electron chi connectivity index (χ1n) is 5.40. The Morgan fingerprint density at radius 3 is 2.94 bits per heavy atom. The van der Waals surface area contributed by atoms with Gasteiger partial charge in [-0.2, -0.15) is 11.8 Å². The quantitative estimate of drug-likeness (QED) is 0.467. The molecule has 94 valence electrons. The largest absolute Gasteiger partial charge is 0.379 e. The Morgan fingerprint density at radius 1 is 1.53 bits per heavy atom. The van der Waals surface area contributed by atoms with Gasteiger partial charge >= 0.3 is 0 Å². The fourth-order valence-corrected chi connectivity index (χ4v) is 2.16. The van der Waals surface area contributed by atoms with Gasteiger partial charge in [0.05, 0.1) is 4.92 Å². The molecule has 0 bridgehead atoms. The van der Waals surface area contributed by atoms with Gasteiger partial charge in [-0.05, 0) is 30.1 Å². The monoisotopic (exact) mass is 274 g/mol. The molecule has 4 nitrogen and oxygen atoms in total. The topological polar surface area (TPSA) is 55.2 Å². The summed E-state index contributed by atoms with van der Waals surface area (Å²) in [7, 11) is 0. The summed E-state index contributed by atoms with van der Waals surface area (Å²) in [6.45, 7) is 2.83. The lowest BCUT2D eigenvalue weighted by atomic mass is 10.2. The highest BCUT2D eigenvalue weighted by molar-refractivity contribution is 7.99. The van der Waals surface area contributed by atoms with Crippen molar-refractivity contribution in [3.05, 3.63) is 33.3 Å². The zero-order chi connectivity index (χ0) is 12.7.